The van der Waals surface area contributed by atoms with E-state index in [9.17, 15) is 18.0 Å². The van der Waals surface area contributed by atoms with Crippen LogP contribution in [0.5, 0.6) is 0 Å². The summed E-state index contributed by atoms with van der Waals surface area (Å²) in [6, 6.07) is 11.8. The van der Waals surface area contributed by atoms with E-state index in [0.29, 0.717) is 12.8 Å². The SMILES string of the molecule is CC.CCc1cc(C)ccc1Cc1ccc2c(c1)CCC2NC(=O)C(F)(F)F. The molecule has 1 N–H and O–H groups in total. The standard InChI is InChI=1S/C21H22F3NO.C2H6/c1-3-15-10-13(2)4-6-16(15)11-14-5-8-18-17(12-14)7-9-19(18)25-20(26)21(22,23)24;1-2/h4-6,8,10,12,19H,3,7,9,11H2,1-2H3,(H,25,26);1-2H3. The molecule has 5 heteroatoms. The molecule has 1 aliphatic carbocycles. The second kappa shape index (κ2) is 9.26. The summed E-state index contributed by atoms with van der Waals surface area (Å²) in [6.07, 6.45) is -1.89. The van der Waals surface area contributed by atoms with E-state index in [1.165, 1.54) is 16.7 Å². The van der Waals surface area contributed by atoms with Crippen molar-refractivity contribution >= 4 is 5.91 Å². The van der Waals surface area contributed by atoms with Crippen molar-refractivity contribution in [1.29, 1.82) is 0 Å². The van der Waals surface area contributed by atoms with Crippen molar-refractivity contribution in [1.82, 2.24) is 5.32 Å². The van der Waals surface area contributed by atoms with Gasteiger partial charge >= 0.3 is 12.1 Å². The van der Waals surface area contributed by atoms with Crippen LogP contribution in [0, 0.1) is 6.92 Å². The molecule has 1 amide bonds. The molecule has 2 aromatic rings. The van der Waals surface area contributed by atoms with Crippen LogP contribution in [0.3, 0.4) is 0 Å². The van der Waals surface area contributed by atoms with Crippen LogP contribution >= 0.6 is 0 Å². The lowest BCUT2D eigenvalue weighted by Gasteiger charge is -2.16. The number of hydrogen-bond donors (Lipinski definition) is 1. The highest BCUT2D eigenvalue weighted by Gasteiger charge is 2.40. The lowest BCUT2D eigenvalue weighted by atomic mass is 9.95. The maximum atomic E-state index is 12.5. The van der Waals surface area contributed by atoms with E-state index in [4.69, 9.17) is 0 Å². The Balaban J connectivity index is 0.00000136. The summed E-state index contributed by atoms with van der Waals surface area (Å²) in [6.45, 7) is 8.21. The molecule has 28 heavy (non-hydrogen) atoms. The van der Waals surface area contributed by atoms with E-state index in [-0.39, 0.29) is 0 Å². The molecule has 2 nitrogen and oxygen atoms in total. The summed E-state index contributed by atoms with van der Waals surface area (Å²) < 4.78 is 37.4. The Morgan fingerprint density at radius 1 is 1.11 bits per heavy atom. The van der Waals surface area contributed by atoms with Crippen molar-refractivity contribution in [3.8, 4) is 0 Å². The topological polar surface area (TPSA) is 29.1 Å². The first-order valence-electron chi connectivity index (χ1n) is 9.85. The van der Waals surface area contributed by atoms with Gasteiger partial charge in [0.05, 0.1) is 6.04 Å². The van der Waals surface area contributed by atoms with E-state index in [2.05, 4.69) is 43.4 Å². The molecule has 0 radical (unpaired) electrons. The second-order valence-corrected chi connectivity index (χ2v) is 6.90. The molecular weight excluding hydrogens is 363 g/mol. The van der Waals surface area contributed by atoms with Crippen molar-refractivity contribution in [3.05, 3.63) is 69.8 Å². The number of amides is 1. The largest absolute Gasteiger partial charge is 0.471 e. The smallest absolute Gasteiger partial charge is 0.341 e. The Labute approximate surface area is 165 Å². The summed E-state index contributed by atoms with van der Waals surface area (Å²) in [5, 5.41) is 2.10. The fourth-order valence-electron chi connectivity index (χ4n) is 3.65. The summed E-state index contributed by atoms with van der Waals surface area (Å²) in [7, 11) is 0. The Kier molecular flexibility index (Phi) is 7.28. The van der Waals surface area contributed by atoms with Crippen LogP contribution < -0.4 is 5.32 Å². The Hall–Kier alpha value is -2.30. The van der Waals surface area contributed by atoms with Gasteiger partial charge in [-0.3, -0.25) is 4.79 Å². The molecule has 1 aliphatic rings. The monoisotopic (exact) mass is 391 g/mol. The molecule has 0 aliphatic heterocycles. The number of nitrogens with one attached hydrogen (secondary N) is 1. The number of alkyl halides is 3. The first-order valence-corrected chi connectivity index (χ1v) is 9.85. The molecule has 0 aromatic heterocycles. The van der Waals surface area contributed by atoms with Gasteiger partial charge in [-0.2, -0.15) is 13.2 Å². The quantitative estimate of drug-likeness (QED) is 0.697. The van der Waals surface area contributed by atoms with E-state index >= 15 is 0 Å². The van der Waals surface area contributed by atoms with Crippen molar-refractivity contribution in [2.45, 2.75) is 65.6 Å². The fraction of sp³-hybridized carbons (Fsp3) is 0.435. The predicted octanol–water partition coefficient (Wildman–Crippen LogP) is 5.84. The highest BCUT2D eigenvalue weighted by Crippen LogP contribution is 2.33. The minimum Gasteiger partial charge on any atom is -0.341 e. The highest BCUT2D eigenvalue weighted by atomic mass is 19.4. The molecular formula is C23H28F3NO. The van der Waals surface area contributed by atoms with Gasteiger partial charge in [-0.1, -0.05) is 62.7 Å². The number of aryl methyl sites for hydroxylation is 3. The van der Waals surface area contributed by atoms with Crippen LogP contribution in [0.2, 0.25) is 0 Å². The van der Waals surface area contributed by atoms with Crippen LogP contribution in [0.25, 0.3) is 0 Å². The molecule has 0 saturated carbocycles. The minimum atomic E-state index is -4.84. The van der Waals surface area contributed by atoms with Gasteiger partial charge in [0.2, 0.25) is 0 Å². The van der Waals surface area contributed by atoms with Gasteiger partial charge in [0.15, 0.2) is 0 Å². The zero-order valence-corrected chi connectivity index (χ0v) is 16.9. The Morgan fingerprint density at radius 3 is 2.46 bits per heavy atom. The maximum absolute atomic E-state index is 12.5. The first-order chi connectivity index (χ1) is 13.3. The Bertz CT molecular complexity index is 827. The van der Waals surface area contributed by atoms with Gasteiger partial charge in [0.25, 0.3) is 0 Å². The van der Waals surface area contributed by atoms with Crippen LogP contribution in [0.15, 0.2) is 36.4 Å². The third-order valence-electron chi connectivity index (χ3n) is 4.99. The van der Waals surface area contributed by atoms with Gasteiger partial charge in [0.1, 0.15) is 0 Å². The number of carbonyl (C=O) groups is 1. The maximum Gasteiger partial charge on any atom is 0.471 e. The van der Waals surface area contributed by atoms with E-state index < -0.39 is 18.1 Å². The first kappa shape index (κ1) is 22.0. The molecule has 0 heterocycles. The summed E-state index contributed by atoms with van der Waals surface area (Å²) >= 11 is 0. The average Bonchev–Trinajstić information content (AvgIpc) is 3.06. The summed E-state index contributed by atoms with van der Waals surface area (Å²) in [4.78, 5) is 11.2. The molecule has 0 bridgehead atoms. The molecule has 0 saturated heterocycles. The Morgan fingerprint density at radius 2 is 1.82 bits per heavy atom. The van der Waals surface area contributed by atoms with E-state index in [1.54, 1.807) is 0 Å². The van der Waals surface area contributed by atoms with E-state index in [0.717, 1.165) is 29.5 Å². The van der Waals surface area contributed by atoms with Crippen LogP contribution in [0.4, 0.5) is 13.2 Å². The zero-order valence-electron chi connectivity index (χ0n) is 16.9. The summed E-state index contributed by atoms with van der Waals surface area (Å²) in [5.74, 6) is -1.87. The van der Waals surface area contributed by atoms with Gasteiger partial charge in [-0.15, -0.1) is 0 Å². The molecule has 2 aromatic carbocycles. The number of hydrogen-bond acceptors (Lipinski definition) is 1. The normalized spacial score (nSPS) is 15.5. The van der Waals surface area contributed by atoms with Crippen molar-refractivity contribution in [3.63, 3.8) is 0 Å². The number of rotatable bonds is 4. The van der Waals surface area contributed by atoms with Crippen molar-refractivity contribution in [2.75, 3.05) is 0 Å². The molecule has 0 spiro atoms. The van der Waals surface area contributed by atoms with Crippen molar-refractivity contribution in [2.24, 2.45) is 0 Å². The van der Waals surface area contributed by atoms with Crippen LogP contribution in [0.1, 0.15) is 66.6 Å². The minimum absolute atomic E-state index is 0.505. The van der Waals surface area contributed by atoms with Gasteiger partial charge in [0, 0.05) is 0 Å². The van der Waals surface area contributed by atoms with Gasteiger partial charge in [-0.05, 0) is 60.4 Å². The van der Waals surface area contributed by atoms with Crippen LogP contribution in [-0.2, 0) is 24.1 Å². The lowest BCUT2D eigenvalue weighted by Crippen LogP contribution is -2.38. The van der Waals surface area contributed by atoms with Gasteiger partial charge < -0.3 is 5.32 Å². The lowest BCUT2D eigenvalue weighted by molar-refractivity contribution is -0.174. The number of carbonyl (C=O) groups excluding carboxylic acids is 1. The molecule has 1 unspecified atom stereocenters. The third kappa shape index (κ3) is 5.15. The summed E-state index contributed by atoms with van der Waals surface area (Å²) in [5.41, 5.74) is 6.80. The average molecular weight is 391 g/mol. The number of fused-ring (bicyclic) bond motifs is 1. The third-order valence-corrected chi connectivity index (χ3v) is 4.99. The second-order valence-electron chi connectivity index (χ2n) is 6.90. The zero-order chi connectivity index (χ0) is 20.9. The van der Waals surface area contributed by atoms with Gasteiger partial charge in [-0.25, -0.2) is 0 Å². The predicted molar refractivity (Wildman–Crippen MR) is 106 cm³/mol. The number of benzene rings is 2. The highest BCUT2D eigenvalue weighted by molar-refractivity contribution is 5.82. The molecule has 1 atom stereocenters. The van der Waals surface area contributed by atoms with Crippen LogP contribution in [-0.4, -0.2) is 12.1 Å². The van der Waals surface area contributed by atoms with E-state index in [1.807, 2.05) is 26.0 Å². The fourth-order valence-corrected chi connectivity index (χ4v) is 3.65. The number of halogens is 3. The van der Waals surface area contributed by atoms with Crippen molar-refractivity contribution < 1.29 is 18.0 Å². The molecule has 3 rings (SSSR count). The molecule has 0 fully saturated rings. The molecule has 152 valence electrons.